The molecule has 0 aliphatic carbocycles. The van der Waals surface area contributed by atoms with Crippen LogP contribution in [0.25, 0.3) is 5.69 Å². The van der Waals surface area contributed by atoms with Crippen molar-refractivity contribution < 1.29 is 4.79 Å². The van der Waals surface area contributed by atoms with Gasteiger partial charge < -0.3 is 11.5 Å². The van der Waals surface area contributed by atoms with E-state index in [1.165, 1.54) is 0 Å². The first-order valence-corrected chi connectivity index (χ1v) is 6.34. The van der Waals surface area contributed by atoms with Gasteiger partial charge in [0.2, 0.25) is 5.91 Å². The summed E-state index contributed by atoms with van der Waals surface area (Å²) in [7, 11) is 0. The Morgan fingerprint density at radius 3 is 2.53 bits per heavy atom. The third-order valence-corrected chi connectivity index (χ3v) is 3.10. The van der Waals surface area contributed by atoms with Gasteiger partial charge in [0.05, 0.1) is 17.1 Å². The molecule has 5 nitrogen and oxygen atoms in total. The number of benzene rings is 1. The molecule has 0 radical (unpaired) electrons. The SMILES string of the molecule is CCc1cc(CC)n(-c2ccc(C(N)=O)cc2N)n1. The molecule has 1 aromatic carbocycles. The van der Waals surface area contributed by atoms with E-state index in [4.69, 9.17) is 11.5 Å². The third-order valence-electron chi connectivity index (χ3n) is 3.10. The zero-order chi connectivity index (χ0) is 14.0. The van der Waals surface area contributed by atoms with Crippen molar-refractivity contribution in [2.45, 2.75) is 26.7 Å². The number of hydrogen-bond donors (Lipinski definition) is 2. The van der Waals surface area contributed by atoms with E-state index in [1.54, 1.807) is 18.2 Å². The summed E-state index contributed by atoms with van der Waals surface area (Å²) in [5, 5.41) is 4.53. The number of aryl methyl sites for hydroxylation is 2. The fourth-order valence-electron chi connectivity index (χ4n) is 2.01. The summed E-state index contributed by atoms with van der Waals surface area (Å²) < 4.78 is 1.83. The summed E-state index contributed by atoms with van der Waals surface area (Å²) in [6, 6.07) is 7.10. The highest BCUT2D eigenvalue weighted by atomic mass is 16.1. The van der Waals surface area contributed by atoms with E-state index >= 15 is 0 Å². The van der Waals surface area contributed by atoms with Crippen LogP contribution in [0.5, 0.6) is 0 Å². The average Bonchev–Trinajstić information content (AvgIpc) is 2.81. The minimum Gasteiger partial charge on any atom is -0.397 e. The van der Waals surface area contributed by atoms with Gasteiger partial charge in [0.1, 0.15) is 0 Å². The Morgan fingerprint density at radius 1 is 1.26 bits per heavy atom. The maximum Gasteiger partial charge on any atom is 0.248 e. The van der Waals surface area contributed by atoms with Crippen molar-refractivity contribution in [1.29, 1.82) is 0 Å². The van der Waals surface area contributed by atoms with Crippen LogP contribution in [0.2, 0.25) is 0 Å². The number of primary amides is 1. The van der Waals surface area contributed by atoms with Gasteiger partial charge in [-0.2, -0.15) is 5.10 Å². The topological polar surface area (TPSA) is 86.9 Å². The standard InChI is InChI=1S/C14H18N4O/c1-3-10-8-11(4-2)18(17-10)13-6-5-9(14(16)19)7-12(13)15/h5-8H,3-4,15H2,1-2H3,(H2,16,19). The lowest BCUT2D eigenvalue weighted by Crippen LogP contribution is -2.12. The molecule has 4 N–H and O–H groups in total. The van der Waals surface area contributed by atoms with E-state index in [9.17, 15) is 4.79 Å². The number of rotatable bonds is 4. The molecule has 1 aromatic heterocycles. The van der Waals surface area contributed by atoms with Crippen molar-refractivity contribution in [2.75, 3.05) is 5.73 Å². The van der Waals surface area contributed by atoms with E-state index in [0.29, 0.717) is 11.3 Å². The molecule has 100 valence electrons. The lowest BCUT2D eigenvalue weighted by Gasteiger charge is -2.10. The van der Waals surface area contributed by atoms with Crippen LogP contribution >= 0.6 is 0 Å². The first-order valence-electron chi connectivity index (χ1n) is 6.34. The largest absolute Gasteiger partial charge is 0.397 e. The smallest absolute Gasteiger partial charge is 0.248 e. The van der Waals surface area contributed by atoms with Gasteiger partial charge in [-0.1, -0.05) is 13.8 Å². The molecule has 1 amide bonds. The van der Waals surface area contributed by atoms with Crippen LogP contribution in [-0.4, -0.2) is 15.7 Å². The molecule has 0 unspecified atom stereocenters. The normalized spacial score (nSPS) is 10.6. The summed E-state index contributed by atoms with van der Waals surface area (Å²) in [5.41, 5.74) is 15.0. The Bertz CT molecular complexity index is 616. The minimum absolute atomic E-state index is 0.405. The first kappa shape index (κ1) is 13.1. The molecule has 1 heterocycles. The van der Waals surface area contributed by atoms with Gasteiger partial charge in [0, 0.05) is 11.3 Å². The van der Waals surface area contributed by atoms with Crippen molar-refractivity contribution in [3.05, 3.63) is 41.2 Å². The highest BCUT2D eigenvalue weighted by molar-refractivity contribution is 5.94. The van der Waals surface area contributed by atoms with Crippen LogP contribution in [-0.2, 0) is 12.8 Å². The molecule has 2 rings (SSSR count). The van der Waals surface area contributed by atoms with E-state index in [0.717, 1.165) is 29.9 Å². The van der Waals surface area contributed by atoms with Gasteiger partial charge >= 0.3 is 0 Å². The Balaban J connectivity index is 2.52. The van der Waals surface area contributed by atoms with Crippen LogP contribution in [0.3, 0.4) is 0 Å². The number of amides is 1. The number of hydrogen-bond acceptors (Lipinski definition) is 3. The molecule has 0 aliphatic heterocycles. The summed E-state index contributed by atoms with van der Waals surface area (Å²) in [6.45, 7) is 4.13. The van der Waals surface area contributed by atoms with Crippen LogP contribution in [0.1, 0.15) is 35.6 Å². The summed E-state index contributed by atoms with van der Waals surface area (Å²) in [6.07, 6.45) is 1.74. The molecule has 0 atom stereocenters. The van der Waals surface area contributed by atoms with Crippen LogP contribution in [0.15, 0.2) is 24.3 Å². The third kappa shape index (κ3) is 2.45. The van der Waals surface area contributed by atoms with E-state index in [-0.39, 0.29) is 0 Å². The molecule has 5 heteroatoms. The Morgan fingerprint density at radius 2 is 2.00 bits per heavy atom. The number of nitrogens with two attached hydrogens (primary N) is 2. The van der Waals surface area contributed by atoms with Gasteiger partial charge in [-0.25, -0.2) is 4.68 Å². The number of carbonyl (C=O) groups is 1. The second-order valence-electron chi connectivity index (χ2n) is 4.38. The average molecular weight is 258 g/mol. The molecule has 19 heavy (non-hydrogen) atoms. The lowest BCUT2D eigenvalue weighted by atomic mass is 10.1. The van der Waals surface area contributed by atoms with Crippen molar-refractivity contribution in [1.82, 2.24) is 9.78 Å². The molecule has 0 spiro atoms. The zero-order valence-electron chi connectivity index (χ0n) is 11.2. The summed E-state index contributed by atoms with van der Waals surface area (Å²) in [5.74, 6) is -0.483. The maximum absolute atomic E-state index is 11.1. The number of nitrogen functional groups attached to an aromatic ring is 1. The number of aromatic nitrogens is 2. The Hall–Kier alpha value is -2.30. The molecular weight excluding hydrogens is 240 g/mol. The van der Waals surface area contributed by atoms with Crippen molar-refractivity contribution >= 4 is 11.6 Å². The second-order valence-corrected chi connectivity index (χ2v) is 4.38. The monoisotopic (exact) mass is 258 g/mol. The second kappa shape index (κ2) is 5.14. The van der Waals surface area contributed by atoms with Gasteiger partial charge in [-0.3, -0.25) is 4.79 Å². The van der Waals surface area contributed by atoms with Crippen molar-refractivity contribution in [2.24, 2.45) is 5.73 Å². The van der Waals surface area contributed by atoms with Crippen LogP contribution in [0, 0.1) is 0 Å². The fourth-order valence-corrected chi connectivity index (χ4v) is 2.01. The van der Waals surface area contributed by atoms with Crippen molar-refractivity contribution in [3.8, 4) is 5.69 Å². The van der Waals surface area contributed by atoms with Crippen molar-refractivity contribution in [3.63, 3.8) is 0 Å². The molecular formula is C14H18N4O. The molecule has 0 saturated heterocycles. The quantitative estimate of drug-likeness (QED) is 0.818. The van der Waals surface area contributed by atoms with E-state index < -0.39 is 5.91 Å². The molecule has 0 aliphatic rings. The minimum atomic E-state index is -0.483. The highest BCUT2D eigenvalue weighted by Crippen LogP contribution is 2.21. The first-order chi connectivity index (χ1) is 9.06. The van der Waals surface area contributed by atoms with Crippen LogP contribution in [0.4, 0.5) is 5.69 Å². The fraction of sp³-hybridized carbons (Fsp3) is 0.286. The molecule has 2 aromatic rings. The van der Waals surface area contributed by atoms with E-state index in [2.05, 4.69) is 25.0 Å². The Kier molecular flexibility index (Phi) is 3.55. The predicted molar refractivity (Wildman–Crippen MR) is 75.3 cm³/mol. The highest BCUT2D eigenvalue weighted by Gasteiger charge is 2.11. The Labute approximate surface area is 112 Å². The maximum atomic E-state index is 11.1. The van der Waals surface area contributed by atoms with Gasteiger partial charge in [0.25, 0.3) is 0 Å². The van der Waals surface area contributed by atoms with Gasteiger partial charge in [0.15, 0.2) is 0 Å². The summed E-state index contributed by atoms with van der Waals surface area (Å²) in [4.78, 5) is 11.1. The number of nitrogens with zero attached hydrogens (tertiary/aromatic N) is 2. The molecule has 0 fully saturated rings. The molecule has 0 bridgehead atoms. The predicted octanol–water partition coefficient (Wildman–Crippen LogP) is 1.68. The molecule has 0 saturated carbocycles. The number of anilines is 1. The summed E-state index contributed by atoms with van der Waals surface area (Å²) >= 11 is 0. The zero-order valence-corrected chi connectivity index (χ0v) is 11.2. The van der Waals surface area contributed by atoms with Gasteiger partial charge in [-0.05, 0) is 37.1 Å². The lowest BCUT2D eigenvalue weighted by molar-refractivity contribution is 0.100. The van der Waals surface area contributed by atoms with Crippen LogP contribution < -0.4 is 11.5 Å². The number of carbonyl (C=O) groups excluding carboxylic acids is 1. The van der Waals surface area contributed by atoms with E-state index in [1.807, 2.05) is 4.68 Å². The van der Waals surface area contributed by atoms with Gasteiger partial charge in [-0.15, -0.1) is 0 Å².